The molecule has 198 valence electrons. The smallest absolute Gasteiger partial charge is 0.338 e. The average molecular weight is 547 g/mol. The highest BCUT2D eigenvalue weighted by molar-refractivity contribution is 7.89. The lowest BCUT2D eigenvalue weighted by atomic mass is 9.94. The van der Waals surface area contributed by atoms with Gasteiger partial charge in [0.1, 0.15) is 0 Å². The summed E-state index contributed by atoms with van der Waals surface area (Å²) in [5.74, 6) is -0.507. The van der Waals surface area contributed by atoms with Crippen LogP contribution in [0.25, 0.3) is 0 Å². The number of hydrogen-bond donors (Lipinski definition) is 1. The maximum Gasteiger partial charge on any atom is 0.338 e. The Bertz CT molecular complexity index is 1270. The summed E-state index contributed by atoms with van der Waals surface area (Å²) in [5, 5.41) is 3.44. The zero-order valence-electron chi connectivity index (χ0n) is 20.9. The second-order valence-electron chi connectivity index (χ2n) is 8.92. The Morgan fingerprint density at radius 1 is 1.05 bits per heavy atom. The van der Waals surface area contributed by atoms with Crippen molar-refractivity contribution in [1.82, 2.24) is 19.4 Å². The van der Waals surface area contributed by atoms with E-state index in [2.05, 4.69) is 10.2 Å². The molecule has 1 saturated heterocycles. The molecule has 0 radical (unpaired) electrons. The van der Waals surface area contributed by atoms with E-state index in [0.717, 1.165) is 0 Å². The maximum absolute atomic E-state index is 13.2. The standard InChI is InChI=1S/C26H31ClN4O5S/c1-3-36-25(32)23-22(29(2)26(33)28-24(23)19-10-12-20(27)13-11-19)18-30-14-7-15-31(17-16-30)37(34,35)21-8-5-4-6-9-21/h4-6,8-13,24H,3,7,14-18H2,1-2H3,(H,28,33)/t24-/m0/s1. The number of nitrogens with one attached hydrogen (secondary N) is 1. The lowest BCUT2D eigenvalue weighted by Crippen LogP contribution is -2.49. The molecule has 2 amide bonds. The van der Waals surface area contributed by atoms with Gasteiger partial charge in [-0.3, -0.25) is 9.80 Å². The van der Waals surface area contributed by atoms with Gasteiger partial charge in [-0.15, -0.1) is 0 Å². The van der Waals surface area contributed by atoms with Crippen LogP contribution in [-0.2, 0) is 19.6 Å². The van der Waals surface area contributed by atoms with Crippen molar-refractivity contribution in [2.75, 3.05) is 46.4 Å². The Morgan fingerprint density at radius 3 is 2.43 bits per heavy atom. The fourth-order valence-corrected chi connectivity index (χ4v) is 6.22. The summed E-state index contributed by atoms with van der Waals surface area (Å²) < 4.78 is 33.2. The monoisotopic (exact) mass is 546 g/mol. The third kappa shape index (κ3) is 5.98. The molecule has 2 aliphatic rings. The number of urea groups is 1. The van der Waals surface area contributed by atoms with Crippen molar-refractivity contribution in [1.29, 1.82) is 0 Å². The topological polar surface area (TPSA) is 99.3 Å². The van der Waals surface area contributed by atoms with Crippen LogP contribution in [-0.4, -0.2) is 80.9 Å². The second-order valence-corrected chi connectivity index (χ2v) is 11.3. The molecule has 0 saturated carbocycles. The molecule has 4 rings (SSSR count). The van der Waals surface area contributed by atoms with Crippen LogP contribution < -0.4 is 5.32 Å². The normalized spacial score (nSPS) is 19.9. The minimum atomic E-state index is -3.61. The quantitative estimate of drug-likeness (QED) is 0.535. The van der Waals surface area contributed by atoms with Crippen molar-refractivity contribution >= 4 is 33.6 Å². The Hall–Kier alpha value is -2.92. The number of carbonyl (C=O) groups is 2. The molecule has 11 heteroatoms. The van der Waals surface area contributed by atoms with Crippen LogP contribution in [0.5, 0.6) is 0 Å². The number of benzene rings is 2. The van der Waals surface area contributed by atoms with Crippen molar-refractivity contribution in [3.8, 4) is 0 Å². The van der Waals surface area contributed by atoms with Gasteiger partial charge in [0, 0.05) is 43.9 Å². The Balaban J connectivity index is 1.62. The molecule has 2 aromatic carbocycles. The van der Waals surface area contributed by atoms with E-state index in [1.54, 1.807) is 68.6 Å². The summed E-state index contributed by atoms with van der Waals surface area (Å²) in [6, 6.07) is 14.3. The van der Waals surface area contributed by atoms with Gasteiger partial charge in [0.05, 0.1) is 23.1 Å². The van der Waals surface area contributed by atoms with Crippen LogP contribution in [0.4, 0.5) is 4.79 Å². The third-order valence-corrected chi connectivity index (χ3v) is 8.74. The van der Waals surface area contributed by atoms with Crippen LogP contribution in [0.1, 0.15) is 24.9 Å². The number of sulfonamides is 1. The highest BCUT2D eigenvalue weighted by atomic mass is 35.5. The number of carbonyl (C=O) groups excluding carboxylic acids is 2. The highest BCUT2D eigenvalue weighted by Crippen LogP contribution is 2.32. The van der Waals surface area contributed by atoms with Gasteiger partial charge in [-0.1, -0.05) is 41.9 Å². The van der Waals surface area contributed by atoms with Gasteiger partial charge >= 0.3 is 12.0 Å². The molecule has 0 spiro atoms. The summed E-state index contributed by atoms with van der Waals surface area (Å²) in [6.45, 7) is 3.97. The molecule has 2 heterocycles. The lowest BCUT2D eigenvalue weighted by Gasteiger charge is -2.36. The summed E-state index contributed by atoms with van der Waals surface area (Å²) in [4.78, 5) is 29.9. The second kappa shape index (κ2) is 11.6. The molecule has 37 heavy (non-hydrogen) atoms. The van der Waals surface area contributed by atoms with E-state index in [-0.39, 0.29) is 17.5 Å². The van der Waals surface area contributed by atoms with E-state index < -0.39 is 22.0 Å². The summed E-state index contributed by atoms with van der Waals surface area (Å²) in [5.41, 5.74) is 1.59. The van der Waals surface area contributed by atoms with Gasteiger partial charge in [-0.05, 0) is 49.7 Å². The van der Waals surface area contributed by atoms with Crippen molar-refractivity contribution in [3.63, 3.8) is 0 Å². The number of ether oxygens (including phenoxy) is 1. The van der Waals surface area contributed by atoms with E-state index in [4.69, 9.17) is 16.3 Å². The average Bonchev–Trinajstić information content (AvgIpc) is 3.14. The first-order valence-corrected chi connectivity index (χ1v) is 14.0. The first kappa shape index (κ1) is 27.1. The van der Waals surface area contributed by atoms with Gasteiger partial charge < -0.3 is 10.1 Å². The summed E-state index contributed by atoms with van der Waals surface area (Å²) in [6.07, 6.45) is 0.616. The number of rotatable bonds is 7. The summed E-state index contributed by atoms with van der Waals surface area (Å²) >= 11 is 6.05. The number of hydrogen-bond acceptors (Lipinski definition) is 6. The lowest BCUT2D eigenvalue weighted by molar-refractivity contribution is -0.139. The number of amides is 2. The molecule has 0 bridgehead atoms. The molecule has 1 N–H and O–H groups in total. The SMILES string of the molecule is CCOC(=O)C1=C(CN2CCCN(S(=O)(=O)c3ccccc3)CC2)N(C)C(=O)N[C@H]1c1ccc(Cl)cc1. The van der Waals surface area contributed by atoms with Crippen LogP contribution in [0.3, 0.4) is 0 Å². The predicted octanol–water partition coefficient (Wildman–Crippen LogP) is 3.25. The molecule has 2 aliphatic heterocycles. The van der Waals surface area contributed by atoms with Gasteiger partial charge in [0.25, 0.3) is 0 Å². The number of halogens is 1. The van der Waals surface area contributed by atoms with Crippen LogP contribution in [0, 0.1) is 0 Å². The first-order valence-electron chi connectivity index (χ1n) is 12.2. The van der Waals surface area contributed by atoms with Crippen LogP contribution >= 0.6 is 11.6 Å². The number of likely N-dealkylation sites (N-methyl/N-ethyl adjacent to an activating group) is 1. The summed E-state index contributed by atoms with van der Waals surface area (Å²) in [7, 11) is -1.99. The molecular weight excluding hydrogens is 516 g/mol. The number of nitrogens with zero attached hydrogens (tertiary/aromatic N) is 3. The fourth-order valence-electron chi connectivity index (χ4n) is 4.60. The predicted molar refractivity (Wildman–Crippen MR) is 140 cm³/mol. The van der Waals surface area contributed by atoms with Gasteiger partial charge in [-0.2, -0.15) is 4.31 Å². The van der Waals surface area contributed by atoms with E-state index in [9.17, 15) is 18.0 Å². The molecule has 2 aromatic rings. The van der Waals surface area contributed by atoms with E-state index >= 15 is 0 Å². The molecule has 1 fully saturated rings. The van der Waals surface area contributed by atoms with E-state index in [1.807, 2.05) is 0 Å². The molecule has 9 nitrogen and oxygen atoms in total. The third-order valence-electron chi connectivity index (χ3n) is 6.58. The van der Waals surface area contributed by atoms with Crippen molar-refractivity contribution in [3.05, 3.63) is 76.5 Å². The highest BCUT2D eigenvalue weighted by Gasteiger charge is 2.38. The fraction of sp³-hybridized carbons (Fsp3) is 0.385. The Kier molecular flexibility index (Phi) is 8.53. The molecule has 0 aromatic heterocycles. The van der Waals surface area contributed by atoms with Crippen LogP contribution in [0.2, 0.25) is 5.02 Å². The Labute approximate surface area is 222 Å². The first-order chi connectivity index (χ1) is 17.7. The minimum absolute atomic E-state index is 0.191. The van der Waals surface area contributed by atoms with E-state index in [0.29, 0.717) is 61.0 Å². The zero-order chi connectivity index (χ0) is 26.6. The van der Waals surface area contributed by atoms with Gasteiger partial charge in [-0.25, -0.2) is 18.0 Å². The van der Waals surface area contributed by atoms with Gasteiger partial charge in [0.2, 0.25) is 10.0 Å². The minimum Gasteiger partial charge on any atom is -0.463 e. The number of esters is 1. The van der Waals surface area contributed by atoms with Crippen molar-refractivity contribution < 1.29 is 22.7 Å². The Morgan fingerprint density at radius 2 is 1.76 bits per heavy atom. The van der Waals surface area contributed by atoms with Crippen molar-refractivity contribution in [2.45, 2.75) is 24.3 Å². The zero-order valence-corrected chi connectivity index (χ0v) is 22.5. The van der Waals surface area contributed by atoms with Crippen LogP contribution in [0.15, 0.2) is 70.8 Å². The molecular formula is C26H31ClN4O5S. The molecule has 0 aliphatic carbocycles. The maximum atomic E-state index is 13.2. The van der Waals surface area contributed by atoms with Crippen molar-refractivity contribution in [2.24, 2.45) is 0 Å². The largest absolute Gasteiger partial charge is 0.463 e. The molecule has 1 atom stereocenters. The van der Waals surface area contributed by atoms with Gasteiger partial charge in [0.15, 0.2) is 0 Å². The van der Waals surface area contributed by atoms with E-state index in [1.165, 1.54) is 9.21 Å². The molecule has 0 unspecified atom stereocenters.